The molecule has 3 rings (SSSR count). The van der Waals surface area contributed by atoms with Crippen molar-refractivity contribution in [3.8, 4) is 11.3 Å². The van der Waals surface area contributed by atoms with E-state index < -0.39 is 4.92 Å². The summed E-state index contributed by atoms with van der Waals surface area (Å²) >= 11 is 4.83. The van der Waals surface area contributed by atoms with Crippen LogP contribution in [0.15, 0.2) is 63.5 Å². The van der Waals surface area contributed by atoms with Gasteiger partial charge in [-0.15, -0.1) is 11.3 Å². The highest BCUT2D eigenvalue weighted by Crippen LogP contribution is 2.26. The van der Waals surface area contributed by atoms with Crippen molar-refractivity contribution >= 4 is 43.8 Å². The zero-order chi connectivity index (χ0) is 17.8. The molecule has 0 atom stereocenters. The van der Waals surface area contributed by atoms with Crippen LogP contribution in [-0.4, -0.2) is 15.6 Å². The molecule has 8 heteroatoms. The number of non-ortho nitro benzene ring substituents is 1. The normalized spacial score (nSPS) is 11.4. The van der Waals surface area contributed by atoms with Gasteiger partial charge < -0.3 is 0 Å². The Hall–Kier alpha value is -2.58. The molecule has 1 aromatic heterocycles. The lowest BCUT2D eigenvalue weighted by atomic mass is 10.1. The van der Waals surface area contributed by atoms with Gasteiger partial charge in [0, 0.05) is 27.5 Å². The standard InChI is InChI=1S/C17H13BrN4O2S/c1-11(12-2-6-14(18)7-3-12)20-21-17-19-16(10-25-17)13-4-8-15(9-5-13)22(23)24/h2-10H,1H3,(H,19,21)/b20-11-. The fourth-order valence-electron chi connectivity index (χ4n) is 2.10. The summed E-state index contributed by atoms with van der Waals surface area (Å²) < 4.78 is 1.02. The number of thiazole rings is 1. The minimum absolute atomic E-state index is 0.0621. The predicted molar refractivity (Wildman–Crippen MR) is 104 cm³/mol. The van der Waals surface area contributed by atoms with Crippen molar-refractivity contribution in [2.75, 3.05) is 5.43 Å². The van der Waals surface area contributed by atoms with E-state index in [0.29, 0.717) is 5.13 Å². The predicted octanol–water partition coefficient (Wildman–Crippen LogP) is 5.32. The second kappa shape index (κ2) is 7.54. The topological polar surface area (TPSA) is 80.4 Å². The highest BCUT2D eigenvalue weighted by atomic mass is 79.9. The van der Waals surface area contributed by atoms with Crippen molar-refractivity contribution in [3.05, 3.63) is 74.1 Å². The summed E-state index contributed by atoms with van der Waals surface area (Å²) in [4.78, 5) is 14.7. The van der Waals surface area contributed by atoms with Crippen LogP contribution in [0.4, 0.5) is 10.8 Å². The molecule has 0 amide bonds. The molecule has 25 heavy (non-hydrogen) atoms. The number of rotatable bonds is 5. The second-order valence-corrected chi connectivity index (χ2v) is 6.93. The van der Waals surface area contributed by atoms with E-state index >= 15 is 0 Å². The number of hydrogen-bond donors (Lipinski definition) is 1. The Balaban J connectivity index is 1.72. The molecular weight excluding hydrogens is 404 g/mol. The van der Waals surface area contributed by atoms with Crippen LogP contribution in [0.25, 0.3) is 11.3 Å². The molecule has 0 fully saturated rings. The highest BCUT2D eigenvalue weighted by Gasteiger charge is 2.08. The van der Waals surface area contributed by atoms with Gasteiger partial charge in [-0.05, 0) is 36.8 Å². The summed E-state index contributed by atoms with van der Waals surface area (Å²) in [7, 11) is 0. The first-order valence-corrected chi connectivity index (χ1v) is 8.97. The zero-order valence-electron chi connectivity index (χ0n) is 13.1. The van der Waals surface area contributed by atoms with Gasteiger partial charge in [-0.1, -0.05) is 28.1 Å². The zero-order valence-corrected chi connectivity index (χ0v) is 15.5. The minimum atomic E-state index is -0.419. The van der Waals surface area contributed by atoms with Crippen LogP contribution in [0.2, 0.25) is 0 Å². The van der Waals surface area contributed by atoms with Crippen molar-refractivity contribution in [2.24, 2.45) is 5.10 Å². The SMILES string of the molecule is C/C(=N/Nc1nc(-c2ccc([N+](=O)[O-])cc2)cs1)c1ccc(Br)cc1. The van der Waals surface area contributed by atoms with Crippen molar-refractivity contribution in [3.63, 3.8) is 0 Å². The second-order valence-electron chi connectivity index (χ2n) is 5.16. The Morgan fingerprint density at radius 1 is 1.20 bits per heavy atom. The molecule has 126 valence electrons. The molecule has 0 aliphatic heterocycles. The van der Waals surface area contributed by atoms with Crippen LogP contribution in [0.1, 0.15) is 12.5 Å². The Bertz CT molecular complexity index is 921. The third-order valence-electron chi connectivity index (χ3n) is 3.46. The van der Waals surface area contributed by atoms with Gasteiger partial charge in [-0.25, -0.2) is 4.98 Å². The van der Waals surface area contributed by atoms with E-state index in [4.69, 9.17) is 0 Å². The molecule has 6 nitrogen and oxygen atoms in total. The van der Waals surface area contributed by atoms with Crippen molar-refractivity contribution in [1.82, 2.24) is 4.98 Å². The number of anilines is 1. The molecule has 0 aliphatic carbocycles. The van der Waals surface area contributed by atoms with Crippen molar-refractivity contribution in [1.29, 1.82) is 0 Å². The van der Waals surface area contributed by atoms with Gasteiger partial charge in [-0.3, -0.25) is 15.5 Å². The van der Waals surface area contributed by atoms with E-state index in [0.717, 1.165) is 27.0 Å². The average Bonchev–Trinajstić information content (AvgIpc) is 3.09. The van der Waals surface area contributed by atoms with Gasteiger partial charge in [0.05, 0.1) is 16.3 Å². The van der Waals surface area contributed by atoms with Crippen LogP contribution in [-0.2, 0) is 0 Å². The van der Waals surface area contributed by atoms with Gasteiger partial charge in [0.15, 0.2) is 0 Å². The fraction of sp³-hybridized carbons (Fsp3) is 0.0588. The Morgan fingerprint density at radius 3 is 2.52 bits per heavy atom. The average molecular weight is 417 g/mol. The first kappa shape index (κ1) is 17.2. The third kappa shape index (κ3) is 4.28. The number of nitrogens with one attached hydrogen (secondary N) is 1. The smallest absolute Gasteiger partial charge is 0.258 e. The maximum absolute atomic E-state index is 10.7. The summed E-state index contributed by atoms with van der Waals surface area (Å²) in [5.41, 5.74) is 6.45. The van der Waals surface area contributed by atoms with Gasteiger partial charge >= 0.3 is 0 Å². The lowest BCUT2D eigenvalue weighted by Gasteiger charge is -2.01. The minimum Gasteiger partial charge on any atom is -0.258 e. The van der Waals surface area contributed by atoms with Crippen LogP contribution < -0.4 is 5.43 Å². The number of nitrogens with zero attached hydrogens (tertiary/aromatic N) is 3. The van der Waals surface area contributed by atoms with Crippen LogP contribution in [0, 0.1) is 10.1 Å². The fourth-order valence-corrected chi connectivity index (χ4v) is 3.02. The van der Waals surface area contributed by atoms with Gasteiger partial charge in [0.1, 0.15) is 0 Å². The molecule has 0 radical (unpaired) electrons. The van der Waals surface area contributed by atoms with Crippen LogP contribution in [0.5, 0.6) is 0 Å². The molecule has 0 saturated carbocycles. The summed E-state index contributed by atoms with van der Waals surface area (Å²) in [6.45, 7) is 1.92. The number of benzene rings is 2. The quantitative estimate of drug-likeness (QED) is 0.346. The van der Waals surface area contributed by atoms with E-state index in [1.165, 1.54) is 23.5 Å². The molecule has 0 bridgehead atoms. The molecule has 1 heterocycles. The largest absolute Gasteiger partial charge is 0.269 e. The number of hydrogen-bond acceptors (Lipinski definition) is 6. The molecule has 3 aromatic rings. The first-order valence-electron chi connectivity index (χ1n) is 7.29. The molecule has 2 aromatic carbocycles. The molecular formula is C17H13BrN4O2S. The number of halogens is 1. The summed E-state index contributed by atoms with van der Waals surface area (Å²) in [6, 6.07) is 14.2. The van der Waals surface area contributed by atoms with E-state index in [-0.39, 0.29) is 5.69 Å². The summed E-state index contributed by atoms with van der Waals surface area (Å²) in [5, 5.41) is 17.6. The molecule has 0 saturated heterocycles. The van der Waals surface area contributed by atoms with Gasteiger partial charge in [-0.2, -0.15) is 5.10 Å². The van der Waals surface area contributed by atoms with Crippen LogP contribution in [0.3, 0.4) is 0 Å². The molecule has 1 N–H and O–H groups in total. The van der Waals surface area contributed by atoms with Crippen LogP contribution >= 0.6 is 27.3 Å². The summed E-state index contributed by atoms with van der Waals surface area (Å²) in [5.74, 6) is 0. The molecule has 0 aliphatic rings. The van der Waals surface area contributed by atoms with E-state index in [9.17, 15) is 10.1 Å². The van der Waals surface area contributed by atoms with E-state index in [2.05, 4.69) is 31.4 Å². The van der Waals surface area contributed by atoms with E-state index in [1.807, 2.05) is 36.6 Å². The highest BCUT2D eigenvalue weighted by molar-refractivity contribution is 9.10. The maximum atomic E-state index is 10.7. The number of nitro benzene ring substituents is 1. The third-order valence-corrected chi connectivity index (χ3v) is 4.73. The lowest BCUT2D eigenvalue weighted by Crippen LogP contribution is -1.99. The first-order chi connectivity index (χ1) is 12.0. The summed E-state index contributed by atoms with van der Waals surface area (Å²) in [6.07, 6.45) is 0. The Kier molecular flexibility index (Phi) is 5.20. The van der Waals surface area contributed by atoms with Crippen molar-refractivity contribution < 1.29 is 4.92 Å². The monoisotopic (exact) mass is 416 g/mol. The van der Waals surface area contributed by atoms with Gasteiger partial charge in [0.2, 0.25) is 5.13 Å². The van der Waals surface area contributed by atoms with Gasteiger partial charge in [0.25, 0.3) is 5.69 Å². The molecule has 0 spiro atoms. The Labute approximate surface area is 156 Å². The van der Waals surface area contributed by atoms with E-state index in [1.54, 1.807) is 12.1 Å². The number of aromatic nitrogens is 1. The number of hydrazone groups is 1. The lowest BCUT2D eigenvalue weighted by molar-refractivity contribution is -0.384. The maximum Gasteiger partial charge on any atom is 0.269 e. The Morgan fingerprint density at radius 2 is 1.88 bits per heavy atom. The molecule has 0 unspecified atom stereocenters. The number of nitro groups is 1. The van der Waals surface area contributed by atoms with Crippen molar-refractivity contribution in [2.45, 2.75) is 6.92 Å².